The number of hydrogen-bond acceptors (Lipinski definition) is 3. The summed E-state index contributed by atoms with van der Waals surface area (Å²) in [6, 6.07) is 6.52. The standard InChI is InChI=1S/C9H10FNO2/c1-11-6-7-2-4-8(5-3-7)9(12)13-10/h2-5,11H,6H2,1H3. The van der Waals surface area contributed by atoms with Crippen LogP contribution in [-0.4, -0.2) is 13.0 Å². The van der Waals surface area contributed by atoms with Gasteiger partial charge in [0, 0.05) is 11.1 Å². The van der Waals surface area contributed by atoms with Gasteiger partial charge in [-0.15, -0.1) is 0 Å². The lowest BCUT2D eigenvalue weighted by molar-refractivity contribution is -0.0788. The average molecular weight is 183 g/mol. The zero-order valence-corrected chi connectivity index (χ0v) is 7.21. The molecule has 0 aliphatic rings. The molecule has 0 atom stereocenters. The SMILES string of the molecule is CNCc1ccc(C(=O)OF)cc1. The topological polar surface area (TPSA) is 38.3 Å². The highest BCUT2D eigenvalue weighted by atomic mass is 19.3. The molecule has 0 bridgehead atoms. The quantitative estimate of drug-likeness (QED) is 0.770. The molecule has 0 heterocycles. The molecule has 0 saturated carbocycles. The van der Waals surface area contributed by atoms with E-state index in [1.807, 2.05) is 7.05 Å². The Bertz CT molecular complexity index is 284. The highest BCUT2D eigenvalue weighted by molar-refractivity contribution is 5.88. The predicted molar refractivity (Wildman–Crippen MR) is 45.7 cm³/mol. The number of benzene rings is 1. The van der Waals surface area contributed by atoms with E-state index in [0.717, 1.165) is 5.56 Å². The molecule has 0 amide bonds. The minimum absolute atomic E-state index is 0.211. The normalized spacial score (nSPS) is 9.69. The molecular formula is C9H10FNO2. The Morgan fingerprint density at radius 2 is 2.08 bits per heavy atom. The van der Waals surface area contributed by atoms with E-state index in [0.29, 0.717) is 6.54 Å². The van der Waals surface area contributed by atoms with Crippen LogP contribution in [0.15, 0.2) is 24.3 Å². The maximum atomic E-state index is 11.5. The molecule has 0 fully saturated rings. The van der Waals surface area contributed by atoms with E-state index in [4.69, 9.17) is 0 Å². The summed E-state index contributed by atoms with van der Waals surface area (Å²) in [6.45, 7) is 0.713. The largest absolute Gasteiger partial charge is 0.379 e. The van der Waals surface area contributed by atoms with Crippen LogP contribution in [0.5, 0.6) is 0 Å². The van der Waals surface area contributed by atoms with E-state index >= 15 is 0 Å². The Morgan fingerprint density at radius 1 is 1.46 bits per heavy atom. The van der Waals surface area contributed by atoms with Gasteiger partial charge in [-0.25, -0.2) is 9.74 Å². The summed E-state index contributed by atoms with van der Waals surface area (Å²) in [7, 11) is 1.82. The third-order valence-corrected chi connectivity index (χ3v) is 1.64. The first-order valence-electron chi connectivity index (χ1n) is 3.84. The molecule has 0 saturated heterocycles. The summed E-state index contributed by atoms with van der Waals surface area (Å²) in [4.78, 5) is 13.8. The van der Waals surface area contributed by atoms with Crippen molar-refractivity contribution in [3.8, 4) is 0 Å². The molecule has 70 valence electrons. The Labute approximate surface area is 75.4 Å². The van der Waals surface area contributed by atoms with E-state index in [2.05, 4.69) is 10.3 Å². The number of rotatable bonds is 3. The minimum atomic E-state index is -0.962. The molecule has 13 heavy (non-hydrogen) atoms. The molecule has 0 aromatic heterocycles. The molecule has 0 radical (unpaired) electrons. The van der Waals surface area contributed by atoms with Crippen LogP contribution < -0.4 is 5.32 Å². The smallest absolute Gasteiger partial charge is 0.316 e. The Balaban J connectivity index is 2.75. The number of carbonyl (C=O) groups excluding carboxylic acids is 1. The lowest BCUT2D eigenvalue weighted by Gasteiger charge is -2.00. The van der Waals surface area contributed by atoms with Crippen LogP contribution in [-0.2, 0) is 11.5 Å². The number of hydrogen-bond donors (Lipinski definition) is 1. The second-order valence-corrected chi connectivity index (χ2v) is 2.59. The van der Waals surface area contributed by atoms with Gasteiger partial charge in [0.15, 0.2) is 0 Å². The van der Waals surface area contributed by atoms with Crippen molar-refractivity contribution < 1.29 is 14.3 Å². The van der Waals surface area contributed by atoms with Crippen molar-refractivity contribution >= 4 is 5.97 Å². The van der Waals surface area contributed by atoms with Crippen molar-refractivity contribution in [1.29, 1.82) is 0 Å². The van der Waals surface area contributed by atoms with Crippen molar-refractivity contribution in [3.05, 3.63) is 35.4 Å². The van der Waals surface area contributed by atoms with Gasteiger partial charge in [0.25, 0.3) is 0 Å². The molecule has 1 rings (SSSR count). The van der Waals surface area contributed by atoms with E-state index in [9.17, 15) is 9.32 Å². The number of nitrogens with one attached hydrogen (secondary N) is 1. The van der Waals surface area contributed by atoms with Gasteiger partial charge in [0.1, 0.15) is 0 Å². The summed E-state index contributed by atoms with van der Waals surface area (Å²) in [6.07, 6.45) is 0. The van der Waals surface area contributed by atoms with Gasteiger partial charge in [0.2, 0.25) is 0 Å². The lowest BCUT2D eigenvalue weighted by Crippen LogP contribution is -2.05. The summed E-state index contributed by atoms with van der Waals surface area (Å²) in [5.74, 6) is -0.962. The van der Waals surface area contributed by atoms with Crippen molar-refractivity contribution in [2.45, 2.75) is 6.54 Å². The fourth-order valence-corrected chi connectivity index (χ4v) is 1.01. The third-order valence-electron chi connectivity index (χ3n) is 1.64. The number of halogens is 1. The van der Waals surface area contributed by atoms with Gasteiger partial charge in [-0.3, -0.25) is 0 Å². The van der Waals surface area contributed by atoms with E-state index in [1.165, 1.54) is 12.1 Å². The van der Waals surface area contributed by atoms with Crippen molar-refractivity contribution in [2.75, 3.05) is 7.05 Å². The molecule has 4 heteroatoms. The van der Waals surface area contributed by atoms with Crippen LogP contribution in [0.3, 0.4) is 0 Å². The van der Waals surface area contributed by atoms with Crippen molar-refractivity contribution in [1.82, 2.24) is 5.32 Å². The maximum Gasteiger partial charge on any atom is 0.379 e. The molecule has 1 N–H and O–H groups in total. The van der Waals surface area contributed by atoms with Crippen molar-refractivity contribution in [2.24, 2.45) is 0 Å². The van der Waals surface area contributed by atoms with Gasteiger partial charge in [-0.05, 0) is 24.7 Å². The molecule has 1 aromatic rings. The summed E-state index contributed by atoms with van der Waals surface area (Å²) in [5.41, 5.74) is 1.24. The zero-order chi connectivity index (χ0) is 9.68. The highest BCUT2D eigenvalue weighted by Gasteiger charge is 2.06. The molecular weight excluding hydrogens is 173 g/mol. The summed E-state index contributed by atoms with van der Waals surface area (Å²) < 4.78 is 11.5. The van der Waals surface area contributed by atoms with Crippen LogP contribution in [0, 0.1) is 0 Å². The fourth-order valence-electron chi connectivity index (χ4n) is 1.01. The molecule has 1 aromatic carbocycles. The van der Waals surface area contributed by atoms with E-state index in [-0.39, 0.29) is 5.56 Å². The van der Waals surface area contributed by atoms with Gasteiger partial charge in [-0.1, -0.05) is 12.1 Å². The summed E-state index contributed by atoms with van der Waals surface area (Å²) in [5, 5.41) is 2.96. The molecule has 0 unspecified atom stereocenters. The predicted octanol–water partition coefficient (Wildman–Crippen LogP) is 1.45. The van der Waals surface area contributed by atoms with Crippen LogP contribution in [0.4, 0.5) is 4.53 Å². The van der Waals surface area contributed by atoms with Crippen molar-refractivity contribution in [3.63, 3.8) is 0 Å². The molecule has 3 nitrogen and oxygen atoms in total. The van der Waals surface area contributed by atoms with Gasteiger partial charge in [-0.2, -0.15) is 0 Å². The highest BCUT2D eigenvalue weighted by Crippen LogP contribution is 2.05. The maximum absolute atomic E-state index is 11.5. The van der Waals surface area contributed by atoms with Crippen LogP contribution >= 0.6 is 0 Å². The first kappa shape index (κ1) is 9.67. The van der Waals surface area contributed by atoms with E-state index in [1.54, 1.807) is 12.1 Å². The Morgan fingerprint density at radius 3 is 2.54 bits per heavy atom. The molecule has 0 aliphatic heterocycles. The second-order valence-electron chi connectivity index (χ2n) is 2.59. The Kier molecular flexibility index (Phi) is 3.40. The van der Waals surface area contributed by atoms with Gasteiger partial charge in [0.05, 0.1) is 5.56 Å². The Hall–Kier alpha value is -1.42. The molecule has 0 spiro atoms. The van der Waals surface area contributed by atoms with Crippen LogP contribution in [0.25, 0.3) is 0 Å². The second kappa shape index (κ2) is 4.57. The molecule has 0 aliphatic carbocycles. The minimum Gasteiger partial charge on any atom is -0.316 e. The first-order valence-corrected chi connectivity index (χ1v) is 3.84. The number of carbonyl (C=O) groups is 1. The van der Waals surface area contributed by atoms with Crippen LogP contribution in [0.1, 0.15) is 15.9 Å². The lowest BCUT2D eigenvalue weighted by atomic mass is 10.1. The van der Waals surface area contributed by atoms with Gasteiger partial charge < -0.3 is 5.32 Å². The average Bonchev–Trinajstić information content (AvgIpc) is 2.18. The first-order chi connectivity index (χ1) is 6.27. The third kappa shape index (κ3) is 2.52. The fraction of sp³-hybridized carbons (Fsp3) is 0.222. The van der Waals surface area contributed by atoms with Gasteiger partial charge >= 0.3 is 5.97 Å². The van der Waals surface area contributed by atoms with E-state index < -0.39 is 5.97 Å². The summed E-state index contributed by atoms with van der Waals surface area (Å²) >= 11 is 0. The van der Waals surface area contributed by atoms with Crippen LogP contribution in [0.2, 0.25) is 0 Å². The monoisotopic (exact) mass is 183 g/mol. The zero-order valence-electron chi connectivity index (χ0n) is 7.21.